The molecule has 12 heteroatoms. The van der Waals surface area contributed by atoms with E-state index in [4.69, 9.17) is 0 Å². The van der Waals surface area contributed by atoms with Gasteiger partial charge < -0.3 is 0 Å². The molecule has 1 aromatic carbocycles. The lowest BCUT2D eigenvalue weighted by molar-refractivity contribution is -0.174. The standard InChI is InChI=1S/C13H8F6N4O2/c14-12(15,16)9-8(10(24)21-22-11(25)13(17,18)19)6-20-23(9)7-4-2-1-3-5-7/h1-6H,(H,21,24)(H,22,25). The smallest absolute Gasteiger partial charge is 0.267 e. The van der Waals surface area contributed by atoms with Gasteiger partial charge in [0.25, 0.3) is 5.91 Å². The summed E-state index contributed by atoms with van der Waals surface area (Å²) >= 11 is 0. The van der Waals surface area contributed by atoms with Crippen LogP contribution in [0, 0.1) is 0 Å². The zero-order valence-electron chi connectivity index (χ0n) is 11.9. The number of nitrogens with zero attached hydrogens (tertiary/aromatic N) is 2. The minimum absolute atomic E-state index is 0.0202. The third kappa shape index (κ3) is 4.08. The van der Waals surface area contributed by atoms with Crippen LogP contribution >= 0.6 is 0 Å². The summed E-state index contributed by atoms with van der Waals surface area (Å²) in [4.78, 5) is 22.4. The second kappa shape index (κ2) is 6.45. The van der Waals surface area contributed by atoms with E-state index in [0.29, 0.717) is 10.9 Å². The van der Waals surface area contributed by atoms with Crippen LogP contribution in [0.3, 0.4) is 0 Å². The van der Waals surface area contributed by atoms with Crippen molar-refractivity contribution in [2.24, 2.45) is 0 Å². The minimum atomic E-state index is -5.31. The summed E-state index contributed by atoms with van der Waals surface area (Å²) in [6.07, 6.45) is -9.81. The van der Waals surface area contributed by atoms with Crippen molar-refractivity contribution in [3.63, 3.8) is 0 Å². The highest BCUT2D eigenvalue weighted by Gasteiger charge is 2.42. The molecule has 0 aliphatic heterocycles. The predicted molar refractivity (Wildman–Crippen MR) is 70.2 cm³/mol. The van der Waals surface area contributed by atoms with Gasteiger partial charge in [-0.15, -0.1) is 0 Å². The van der Waals surface area contributed by atoms with Crippen molar-refractivity contribution < 1.29 is 35.9 Å². The minimum Gasteiger partial charge on any atom is -0.267 e. The predicted octanol–water partition coefficient (Wildman–Crippen LogP) is 2.21. The molecular formula is C13H8F6N4O2. The van der Waals surface area contributed by atoms with Gasteiger partial charge in [0, 0.05) is 0 Å². The van der Waals surface area contributed by atoms with Crippen molar-refractivity contribution in [1.82, 2.24) is 20.6 Å². The molecule has 0 bridgehead atoms. The van der Waals surface area contributed by atoms with Crippen molar-refractivity contribution >= 4 is 11.8 Å². The number of aromatic nitrogens is 2. The lowest BCUT2D eigenvalue weighted by Gasteiger charge is -2.13. The number of rotatable bonds is 2. The summed E-state index contributed by atoms with van der Waals surface area (Å²) in [7, 11) is 0. The molecule has 0 aliphatic rings. The lowest BCUT2D eigenvalue weighted by atomic mass is 10.2. The van der Waals surface area contributed by atoms with Crippen LogP contribution in [0.25, 0.3) is 5.69 Å². The maximum absolute atomic E-state index is 13.3. The van der Waals surface area contributed by atoms with Crippen LogP contribution in [0.4, 0.5) is 26.3 Å². The number of hydrazine groups is 1. The Labute approximate surface area is 135 Å². The van der Waals surface area contributed by atoms with Crippen LogP contribution in [0.5, 0.6) is 0 Å². The van der Waals surface area contributed by atoms with E-state index in [-0.39, 0.29) is 5.69 Å². The van der Waals surface area contributed by atoms with E-state index >= 15 is 0 Å². The molecular weight excluding hydrogens is 358 g/mol. The summed E-state index contributed by atoms with van der Waals surface area (Å²) < 4.78 is 76.3. The zero-order valence-corrected chi connectivity index (χ0v) is 11.9. The monoisotopic (exact) mass is 366 g/mol. The Morgan fingerprint density at radius 1 is 0.960 bits per heavy atom. The normalized spacial score (nSPS) is 11.9. The van der Waals surface area contributed by atoms with Crippen LogP contribution in [0.15, 0.2) is 36.5 Å². The van der Waals surface area contributed by atoms with Gasteiger partial charge in [-0.3, -0.25) is 20.4 Å². The van der Waals surface area contributed by atoms with E-state index in [2.05, 4.69) is 5.10 Å². The van der Waals surface area contributed by atoms with Crippen molar-refractivity contribution in [2.75, 3.05) is 0 Å². The molecule has 0 aliphatic carbocycles. The second-order valence-electron chi connectivity index (χ2n) is 4.56. The maximum Gasteiger partial charge on any atom is 0.472 e. The first-order valence-corrected chi connectivity index (χ1v) is 6.40. The largest absolute Gasteiger partial charge is 0.472 e. The molecule has 1 heterocycles. The molecule has 0 atom stereocenters. The molecule has 0 saturated heterocycles. The molecule has 1 aromatic heterocycles. The van der Waals surface area contributed by atoms with Crippen molar-refractivity contribution in [1.29, 1.82) is 0 Å². The highest BCUT2D eigenvalue weighted by Crippen LogP contribution is 2.33. The molecule has 0 fully saturated rings. The van der Waals surface area contributed by atoms with Crippen LogP contribution in [0.1, 0.15) is 16.1 Å². The number of benzene rings is 1. The topological polar surface area (TPSA) is 76.0 Å². The van der Waals surface area contributed by atoms with Crippen LogP contribution in [-0.2, 0) is 11.0 Å². The summed E-state index contributed by atoms with van der Waals surface area (Å²) in [5.41, 5.74) is -0.328. The van der Waals surface area contributed by atoms with Crippen LogP contribution in [-0.4, -0.2) is 27.8 Å². The molecule has 0 unspecified atom stereocenters. The van der Waals surface area contributed by atoms with Crippen molar-refractivity contribution in [3.05, 3.63) is 47.8 Å². The number of carbonyl (C=O) groups is 2. The van der Waals surface area contributed by atoms with Gasteiger partial charge >= 0.3 is 18.3 Å². The molecule has 0 radical (unpaired) electrons. The molecule has 6 nitrogen and oxygen atoms in total. The molecule has 2 rings (SSSR count). The molecule has 0 saturated carbocycles. The fourth-order valence-corrected chi connectivity index (χ4v) is 1.80. The third-order valence-corrected chi connectivity index (χ3v) is 2.83. The van der Waals surface area contributed by atoms with Crippen LogP contribution in [0.2, 0.25) is 0 Å². The Kier molecular flexibility index (Phi) is 4.72. The average Bonchev–Trinajstić information content (AvgIpc) is 2.97. The van der Waals surface area contributed by atoms with E-state index in [1.807, 2.05) is 0 Å². The Hall–Kier alpha value is -3.05. The first kappa shape index (κ1) is 18.3. The van der Waals surface area contributed by atoms with Gasteiger partial charge in [0.1, 0.15) is 0 Å². The fraction of sp³-hybridized carbons (Fsp3) is 0.154. The van der Waals surface area contributed by atoms with E-state index < -0.39 is 35.4 Å². The highest BCUT2D eigenvalue weighted by molar-refractivity contribution is 5.97. The molecule has 25 heavy (non-hydrogen) atoms. The van der Waals surface area contributed by atoms with Crippen molar-refractivity contribution in [3.8, 4) is 5.69 Å². The van der Waals surface area contributed by atoms with Gasteiger partial charge in [0.15, 0.2) is 5.69 Å². The van der Waals surface area contributed by atoms with E-state index in [9.17, 15) is 35.9 Å². The summed E-state index contributed by atoms with van der Waals surface area (Å²) in [5, 5.41) is 3.45. The Balaban J connectivity index is 2.34. The van der Waals surface area contributed by atoms with Crippen molar-refractivity contribution in [2.45, 2.75) is 12.4 Å². The second-order valence-corrected chi connectivity index (χ2v) is 4.56. The average molecular weight is 366 g/mol. The molecule has 134 valence electrons. The Bertz CT molecular complexity index is 782. The maximum atomic E-state index is 13.3. The van der Waals surface area contributed by atoms with Gasteiger partial charge in [0.2, 0.25) is 0 Å². The number of amides is 2. The molecule has 2 N–H and O–H groups in total. The summed E-state index contributed by atoms with van der Waals surface area (Å²) in [6.45, 7) is 0. The van der Waals surface area contributed by atoms with Crippen LogP contribution < -0.4 is 10.9 Å². The number of nitrogens with one attached hydrogen (secondary N) is 2. The number of alkyl halides is 6. The fourth-order valence-electron chi connectivity index (χ4n) is 1.80. The first-order chi connectivity index (χ1) is 11.5. The van der Waals surface area contributed by atoms with E-state index in [1.165, 1.54) is 29.7 Å². The third-order valence-electron chi connectivity index (χ3n) is 2.83. The quantitative estimate of drug-likeness (QED) is 0.632. The zero-order chi connectivity index (χ0) is 18.8. The Morgan fingerprint density at radius 2 is 1.56 bits per heavy atom. The lowest BCUT2D eigenvalue weighted by Crippen LogP contribution is -2.48. The van der Waals surface area contributed by atoms with Gasteiger partial charge in [0.05, 0.1) is 17.4 Å². The Morgan fingerprint density at radius 3 is 2.08 bits per heavy atom. The van der Waals surface area contributed by atoms with E-state index in [0.717, 1.165) is 5.43 Å². The molecule has 2 amide bonds. The number of carbonyl (C=O) groups excluding carboxylic acids is 2. The van der Waals surface area contributed by atoms with Gasteiger partial charge in [-0.05, 0) is 12.1 Å². The van der Waals surface area contributed by atoms with Gasteiger partial charge in [-0.25, -0.2) is 4.68 Å². The molecule has 2 aromatic rings. The molecule has 0 spiro atoms. The summed E-state index contributed by atoms with van der Waals surface area (Å²) in [5.74, 6) is -4.14. The SMILES string of the molecule is O=C(NNC(=O)C(F)(F)F)c1cnn(-c2ccccc2)c1C(F)(F)F. The highest BCUT2D eigenvalue weighted by atomic mass is 19.4. The first-order valence-electron chi connectivity index (χ1n) is 6.40. The summed E-state index contributed by atoms with van der Waals surface area (Å²) in [6, 6.07) is 6.98. The number of hydrogen-bond acceptors (Lipinski definition) is 3. The van der Waals surface area contributed by atoms with Gasteiger partial charge in [-0.2, -0.15) is 31.4 Å². The number of para-hydroxylation sites is 1. The number of hydrogen-bond donors (Lipinski definition) is 2. The van der Waals surface area contributed by atoms with E-state index in [1.54, 1.807) is 6.07 Å². The number of halogens is 6. The van der Waals surface area contributed by atoms with Gasteiger partial charge in [-0.1, -0.05) is 18.2 Å².